The third-order valence-corrected chi connectivity index (χ3v) is 5.96. The summed E-state index contributed by atoms with van der Waals surface area (Å²) in [4.78, 5) is 32.1. The number of carbonyl (C=O) groups excluding carboxylic acids is 2. The van der Waals surface area contributed by atoms with Crippen LogP contribution in [0.3, 0.4) is 0 Å². The zero-order valence-corrected chi connectivity index (χ0v) is 17.4. The van der Waals surface area contributed by atoms with E-state index in [1.807, 2.05) is 61.5 Å². The van der Waals surface area contributed by atoms with Crippen LogP contribution in [-0.2, 0) is 22.4 Å². The lowest BCUT2D eigenvalue weighted by Crippen LogP contribution is -2.33. The van der Waals surface area contributed by atoms with E-state index in [0.717, 1.165) is 53.4 Å². The summed E-state index contributed by atoms with van der Waals surface area (Å²) in [6, 6.07) is 17.3. The molecule has 1 aromatic heterocycles. The van der Waals surface area contributed by atoms with Crippen molar-refractivity contribution in [3.8, 4) is 0 Å². The molecule has 3 aromatic rings. The number of ether oxygens (including phenoxy) is 1. The molecule has 0 saturated carbocycles. The molecule has 1 heterocycles. The first-order chi connectivity index (χ1) is 14.6. The summed E-state index contributed by atoms with van der Waals surface area (Å²) in [5.74, 6) is -0.673. The Balaban J connectivity index is 1.53. The zero-order chi connectivity index (χ0) is 21.1. The Bertz CT molecular complexity index is 1080. The molecule has 1 unspecified atom stereocenters. The van der Waals surface area contributed by atoms with Gasteiger partial charge in [-0.3, -0.25) is 9.78 Å². The number of benzene rings is 2. The number of para-hydroxylation sites is 1. The van der Waals surface area contributed by atoms with Crippen LogP contribution in [0.15, 0.2) is 54.6 Å². The summed E-state index contributed by atoms with van der Waals surface area (Å²) < 4.78 is 5.51. The maximum atomic E-state index is 13.1. The van der Waals surface area contributed by atoms with Gasteiger partial charge in [0.1, 0.15) is 0 Å². The first-order valence-corrected chi connectivity index (χ1v) is 10.4. The highest BCUT2D eigenvalue weighted by atomic mass is 16.5. The average molecular weight is 402 g/mol. The fraction of sp³-hybridized carbons (Fsp3) is 0.320. The number of rotatable bonds is 5. The number of pyridine rings is 1. The maximum Gasteiger partial charge on any atom is 0.339 e. The van der Waals surface area contributed by atoms with Crippen LogP contribution in [0.1, 0.15) is 53.0 Å². The molecule has 154 valence electrons. The summed E-state index contributed by atoms with van der Waals surface area (Å²) in [6.07, 6.45) is 3.80. The molecule has 0 N–H and O–H groups in total. The van der Waals surface area contributed by atoms with Gasteiger partial charge >= 0.3 is 5.97 Å². The first kappa shape index (κ1) is 20.1. The molecule has 4 rings (SSSR count). The van der Waals surface area contributed by atoms with Crippen molar-refractivity contribution in [2.24, 2.45) is 0 Å². The van der Waals surface area contributed by atoms with Crippen LogP contribution in [0.2, 0.25) is 0 Å². The summed E-state index contributed by atoms with van der Waals surface area (Å²) in [7, 11) is 1.73. The minimum Gasteiger partial charge on any atom is -0.452 e. The molecule has 2 aromatic carbocycles. The SMILES string of the molecule is CC(c1ccccc1)N(C)C(=O)COC(=O)c1c2c(nc3ccccc13)CCCC2. The van der Waals surface area contributed by atoms with Crippen molar-refractivity contribution >= 4 is 22.8 Å². The van der Waals surface area contributed by atoms with E-state index in [-0.39, 0.29) is 18.6 Å². The number of carbonyl (C=O) groups is 2. The second-order valence-electron chi connectivity index (χ2n) is 7.80. The third kappa shape index (κ3) is 3.92. The van der Waals surface area contributed by atoms with Crippen LogP contribution in [0.4, 0.5) is 0 Å². The molecule has 0 bridgehead atoms. The Kier molecular flexibility index (Phi) is 5.79. The molecular weight excluding hydrogens is 376 g/mol. The van der Waals surface area contributed by atoms with Crippen LogP contribution < -0.4 is 0 Å². The van der Waals surface area contributed by atoms with Gasteiger partial charge in [-0.25, -0.2) is 4.79 Å². The van der Waals surface area contributed by atoms with Gasteiger partial charge in [0.2, 0.25) is 0 Å². The van der Waals surface area contributed by atoms with Crippen molar-refractivity contribution in [1.29, 1.82) is 0 Å². The number of hydrogen-bond acceptors (Lipinski definition) is 4. The van der Waals surface area contributed by atoms with E-state index in [1.54, 1.807) is 11.9 Å². The Morgan fingerprint density at radius 2 is 1.73 bits per heavy atom. The lowest BCUT2D eigenvalue weighted by molar-refractivity contribution is -0.135. The fourth-order valence-electron chi connectivity index (χ4n) is 4.08. The van der Waals surface area contributed by atoms with E-state index in [1.165, 1.54) is 0 Å². The Morgan fingerprint density at radius 3 is 2.53 bits per heavy atom. The minimum absolute atomic E-state index is 0.105. The number of aromatic nitrogens is 1. The molecule has 0 fully saturated rings. The summed E-state index contributed by atoms with van der Waals surface area (Å²) in [5.41, 5.74) is 4.36. The van der Waals surface area contributed by atoms with Gasteiger partial charge in [-0.1, -0.05) is 48.5 Å². The van der Waals surface area contributed by atoms with E-state index >= 15 is 0 Å². The Hall–Kier alpha value is -3.21. The highest BCUT2D eigenvalue weighted by Gasteiger charge is 2.25. The second-order valence-corrected chi connectivity index (χ2v) is 7.80. The zero-order valence-electron chi connectivity index (χ0n) is 17.4. The molecule has 5 nitrogen and oxygen atoms in total. The van der Waals surface area contributed by atoms with Gasteiger partial charge in [-0.2, -0.15) is 0 Å². The van der Waals surface area contributed by atoms with E-state index in [4.69, 9.17) is 9.72 Å². The van der Waals surface area contributed by atoms with Crippen molar-refractivity contribution in [2.75, 3.05) is 13.7 Å². The molecule has 1 aliphatic carbocycles. The second kappa shape index (κ2) is 8.66. The van der Waals surface area contributed by atoms with Gasteiger partial charge in [-0.15, -0.1) is 0 Å². The van der Waals surface area contributed by atoms with Crippen molar-refractivity contribution in [1.82, 2.24) is 9.88 Å². The number of likely N-dealkylation sites (N-methyl/N-ethyl adjacent to an activating group) is 1. The predicted octanol–water partition coefficient (Wildman–Crippen LogP) is 4.49. The summed E-state index contributed by atoms with van der Waals surface area (Å²) in [6.45, 7) is 1.68. The van der Waals surface area contributed by atoms with Gasteiger partial charge < -0.3 is 9.64 Å². The van der Waals surface area contributed by atoms with Gasteiger partial charge in [0.15, 0.2) is 6.61 Å². The molecule has 1 atom stereocenters. The van der Waals surface area contributed by atoms with Crippen molar-refractivity contribution in [2.45, 2.75) is 38.6 Å². The Labute approximate surface area is 176 Å². The van der Waals surface area contributed by atoms with Crippen LogP contribution in [0.25, 0.3) is 10.9 Å². The lowest BCUT2D eigenvalue weighted by Gasteiger charge is -2.25. The number of esters is 1. The third-order valence-electron chi connectivity index (χ3n) is 5.96. The topological polar surface area (TPSA) is 59.5 Å². The predicted molar refractivity (Wildman–Crippen MR) is 116 cm³/mol. The molecule has 0 radical (unpaired) electrons. The average Bonchev–Trinajstić information content (AvgIpc) is 2.80. The lowest BCUT2D eigenvalue weighted by atomic mass is 9.90. The van der Waals surface area contributed by atoms with Crippen LogP contribution in [0, 0.1) is 0 Å². The van der Waals surface area contributed by atoms with Gasteiger partial charge in [0, 0.05) is 18.1 Å². The number of nitrogens with zero attached hydrogens (tertiary/aromatic N) is 2. The van der Waals surface area contributed by atoms with Crippen molar-refractivity contribution in [3.63, 3.8) is 0 Å². The highest BCUT2D eigenvalue weighted by Crippen LogP contribution is 2.30. The summed E-state index contributed by atoms with van der Waals surface area (Å²) >= 11 is 0. The monoisotopic (exact) mass is 402 g/mol. The molecule has 1 aliphatic rings. The number of aryl methyl sites for hydroxylation is 1. The largest absolute Gasteiger partial charge is 0.452 e. The van der Waals surface area contributed by atoms with E-state index in [9.17, 15) is 9.59 Å². The van der Waals surface area contributed by atoms with Crippen LogP contribution in [0.5, 0.6) is 0 Å². The minimum atomic E-state index is -0.444. The van der Waals surface area contributed by atoms with E-state index in [0.29, 0.717) is 5.56 Å². The standard InChI is InChI=1S/C25H26N2O3/c1-17(18-10-4-3-5-11-18)27(2)23(28)16-30-25(29)24-19-12-6-8-14-21(19)26-22-15-9-7-13-20(22)24/h3-6,8,10-12,14,17H,7,9,13,15-16H2,1-2H3. The van der Waals surface area contributed by atoms with E-state index in [2.05, 4.69) is 0 Å². The first-order valence-electron chi connectivity index (χ1n) is 10.4. The van der Waals surface area contributed by atoms with Crippen molar-refractivity contribution < 1.29 is 14.3 Å². The maximum absolute atomic E-state index is 13.1. The van der Waals surface area contributed by atoms with Gasteiger partial charge in [0.05, 0.1) is 17.1 Å². The quantitative estimate of drug-likeness (QED) is 0.590. The Morgan fingerprint density at radius 1 is 1.03 bits per heavy atom. The number of hydrogen-bond donors (Lipinski definition) is 0. The highest BCUT2D eigenvalue weighted by molar-refractivity contribution is 6.05. The number of fused-ring (bicyclic) bond motifs is 2. The van der Waals surface area contributed by atoms with Crippen LogP contribution in [-0.4, -0.2) is 35.4 Å². The van der Waals surface area contributed by atoms with Gasteiger partial charge in [-0.05, 0) is 49.8 Å². The molecule has 0 spiro atoms. The summed E-state index contributed by atoms with van der Waals surface area (Å²) in [5, 5.41) is 0.793. The van der Waals surface area contributed by atoms with Crippen molar-refractivity contribution in [3.05, 3.63) is 77.0 Å². The molecule has 5 heteroatoms. The normalized spacial score (nSPS) is 14.1. The van der Waals surface area contributed by atoms with Crippen LogP contribution >= 0.6 is 0 Å². The molecule has 0 aliphatic heterocycles. The molecular formula is C25H26N2O3. The smallest absolute Gasteiger partial charge is 0.339 e. The molecule has 30 heavy (non-hydrogen) atoms. The van der Waals surface area contributed by atoms with E-state index < -0.39 is 5.97 Å². The fourth-order valence-corrected chi connectivity index (χ4v) is 4.08. The van der Waals surface area contributed by atoms with Gasteiger partial charge in [0.25, 0.3) is 5.91 Å². The number of amides is 1. The molecule has 0 saturated heterocycles. The molecule has 1 amide bonds.